The van der Waals surface area contributed by atoms with Crippen LogP contribution in [0.4, 0.5) is 0 Å². The van der Waals surface area contributed by atoms with Gasteiger partial charge in [0.05, 0.1) is 6.54 Å². The highest BCUT2D eigenvalue weighted by atomic mass is 16.4. The molecular weight excluding hydrogens is 366 g/mol. The van der Waals surface area contributed by atoms with Gasteiger partial charge in [0.15, 0.2) is 5.89 Å². The molecule has 6 heteroatoms. The number of carbonyl (C=O) groups excluding carboxylic acids is 1. The Hall–Kier alpha value is -2.37. The molecule has 0 aliphatic carbocycles. The van der Waals surface area contributed by atoms with Gasteiger partial charge in [-0.3, -0.25) is 9.59 Å². The Kier molecular flexibility index (Phi) is 6.60. The molecule has 0 atom stereocenters. The molecule has 0 aromatic carbocycles. The van der Waals surface area contributed by atoms with Crippen molar-refractivity contribution in [3.8, 4) is 0 Å². The average molecular weight is 400 g/mol. The third kappa shape index (κ3) is 4.98. The summed E-state index contributed by atoms with van der Waals surface area (Å²) in [6, 6.07) is 1.87. The van der Waals surface area contributed by atoms with Crippen LogP contribution in [0.2, 0.25) is 0 Å². The summed E-state index contributed by atoms with van der Waals surface area (Å²) in [5.41, 5.74) is 1.64. The van der Waals surface area contributed by atoms with Crippen LogP contribution in [0.5, 0.6) is 0 Å². The van der Waals surface area contributed by atoms with Crippen LogP contribution in [0.25, 0.3) is 0 Å². The standard InChI is InChI=1S/C23H33N3O3/c1-15(2)6-7-20-24-18-14-26(13-10-19(18)29-20)23(28)21-17(5)9-12-25(22(21)27)11-8-16(3)4/h9,12,15-16H,6-8,10-11,13-14H2,1-5H3. The molecule has 0 saturated carbocycles. The van der Waals surface area contributed by atoms with Crippen LogP contribution < -0.4 is 5.56 Å². The first-order chi connectivity index (χ1) is 13.8. The Bertz CT molecular complexity index is 924. The molecule has 0 unspecified atom stereocenters. The maximum atomic E-state index is 13.2. The molecular formula is C23H33N3O3. The van der Waals surface area contributed by atoms with E-state index < -0.39 is 0 Å². The number of hydrogen-bond donors (Lipinski definition) is 0. The summed E-state index contributed by atoms with van der Waals surface area (Å²) in [6.07, 6.45) is 5.19. The van der Waals surface area contributed by atoms with E-state index in [0.717, 1.165) is 42.2 Å². The Morgan fingerprint density at radius 1 is 1.21 bits per heavy atom. The zero-order valence-corrected chi connectivity index (χ0v) is 18.3. The van der Waals surface area contributed by atoms with E-state index in [4.69, 9.17) is 4.42 Å². The second kappa shape index (κ2) is 8.97. The van der Waals surface area contributed by atoms with Crippen molar-refractivity contribution in [1.82, 2.24) is 14.5 Å². The summed E-state index contributed by atoms with van der Waals surface area (Å²) in [5.74, 6) is 2.52. The monoisotopic (exact) mass is 399 g/mol. The molecule has 0 radical (unpaired) electrons. The number of amides is 1. The molecule has 3 rings (SSSR count). The quantitative estimate of drug-likeness (QED) is 0.706. The second-order valence-corrected chi connectivity index (χ2v) is 8.94. The molecule has 29 heavy (non-hydrogen) atoms. The Morgan fingerprint density at radius 3 is 2.62 bits per heavy atom. The maximum Gasteiger partial charge on any atom is 0.263 e. The van der Waals surface area contributed by atoms with E-state index in [1.165, 1.54) is 0 Å². The van der Waals surface area contributed by atoms with Gasteiger partial charge in [0.2, 0.25) is 0 Å². The van der Waals surface area contributed by atoms with E-state index in [1.54, 1.807) is 15.7 Å². The van der Waals surface area contributed by atoms with Crippen LogP contribution in [-0.2, 0) is 25.9 Å². The number of oxazole rings is 1. The smallest absolute Gasteiger partial charge is 0.263 e. The van der Waals surface area contributed by atoms with Gasteiger partial charge in [-0.05, 0) is 43.2 Å². The summed E-state index contributed by atoms with van der Waals surface area (Å²) >= 11 is 0. The van der Waals surface area contributed by atoms with E-state index in [9.17, 15) is 9.59 Å². The maximum absolute atomic E-state index is 13.2. The van der Waals surface area contributed by atoms with E-state index in [-0.39, 0.29) is 17.0 Å². The zero-order chi connectivity index (χ0) is 21.1. The molecule has 2 aromatic rings. The lowest BCUT2D eigenvalue weighted by Gasteiger charge is -2.26. The summed E-state index contributed by atoms with van der Waals surface area (Å²) in [5, 5.41) is 0. The summed E-state index contributed by atoms with van der Waals surface area (Å²) < 4.78 is 7.56. The predicted octanol–water partition coefficient (Wildman–Crippen LogP) is 3.98. The fourth-order valence-corrected chi connectivity index (χ4v) is 3.60. The molecule has 158 valence electrons. The van der Waals surface area contributed by atoms with Crippen LogP contribution in [0.1, 0.15) is 73.8 Å². The van der Waals surface area contributed by atoms with Crippen LogP contribution in [0.15, 0.2) is 21.5 Å². The van der Waals surface area contributed by atoms with Crippen LogP contribution in [0, 0.1) is 18.8 Å². The number of hydrogen-bond acceptors (Lipinski definition) is 4. The first kappa shape index (κ1) is 21.3. The Morgan fingerprint density at radius 2 is 1.93 bits per heavy atom. The predicted molar refractivity (Wildman–Crippen MR) is 113 cm³/mol. The highest BCUT2D eigenvalue weighted by Crippen LogP contribution is 2.22. The highest BCUT2D eigenvalue weighted by molar-refractivity contribution is 5.95. The molecule has 0 bridgehead atoms. The first-order valence-electron chi connectivity index (χ1n) is 10.7. The minimum absolute atomic E-state index is 0.195. The van der Waals surface area contributed by atoms with Crippen molar-refractivity contribution >= 4 is 5.91 Å². The summed E-state index contributed by atoms with van der Waals surface area (Å²) in [7, 11) is 0. The van der Waals surface area contributed by atoms with Crippen LogP contribution in [0.3, 0.4) is 0 Å². The van der Waals surface area contributed by atoms with Crippen molar-refractivity contribution < 1.29 is 9.21 Å². The lowest BCUT2D eigenvalue weighted by atomic mass is 10.1. The molecule has 0 N–H and O–H groups in total. The molecule has 1 aliphatic rings. The number of pyridine rings is 1. The Labute approximate surface area is 172 Å². The van der Waals surface area contributed by atoms with Gasteiger partial charge in [-0.1, -0.05) is 27.7 Å². The van der Waals surface area contributed by atoms with Crippen LogP contribution in [-0.4, -0.2) is 26.9 Å². The first-order valence-corrected chi connectivity index (χ1v) is 10.7. The van der Waals surface area contributed by atoms with Crippen molar-refractivity contribution in [3.63, 3.8) is 0 Å². The van der Waals surface area contributed by atoms with Gasteiger partial charge in [0.25, 0.3) is 11.5 Å². The fourth-order valence-electron chi connectivity index (χ4n) is 3.60. The van der Waals surface area contributed by atoms with E-state index >= 15 is 0 Å². The minimum atomic E-state index is -0.205. The van der Waals surface area contributed by atoms with Crippen molar-refractivity contribution in [3.05, 3.63) is 51.1 Å². The molecule has 0 saturated heterocycles. The third-order valence-corrected chi connectivity index (χ3v) is 5.53. The lowest BCUT2D eigenvalue weighted by Crippen LogP contribution is -2.40. The summed E-state index contributed by atoms with van der Waals surface area (Å²) in [6.45, 7) is 12.0. The number of rotatable bonds is 7. The average Bonchev–Trinajstić information content (AvgIpc) is 3.07. The minimum Gasteiger partial charge on any atom is -0.445 e. The highest BCUT2D eigenvalue weighted by Gasteiger charge is 2.28. The van der Waals surface area contributed by atoms with Gasteiger partial charge in [-0.2, -0.15) is 0 Å². The molecule has 3 heterocycles. The number of aromatic nitrogens is 2. The molecule has 1 amide bonds. The van der Waals surface area contributed by atoms with E-state index in [2.05, 4.69) is 32.7 Å². The van der Waals surface area contributed by atoms with Crippen molar-refractivity contribution in [2.75, 3.05) is 6.54 Å². The summed E-state index contributed by atoms with van der Waals surface area (Å²) in [4.78, 5) is 32.5. The van der Waals surface area contributed by atoms with E-state index in [0.29, 0.717) is 37.9 Å². The van der Waals surface area contributed by atoms with Gasteiger partial charge in [0.1, 0.15) is 17.0 Å². The second-order valence-electron chi connectivity index (χ2n) is 8.94. The largest absolute Gasteiger partial charge is 0.445 e. The molecule has 0 fully saturated rings. The fraction of sp³-hybridized carbons (Fsp3) is 0.609. The molecule has 1 aliphatic heterocycles. The zero-order valence-electron chi connectivity index (χ0n) is 18.3. The lowest BCUT2D eigenvalue weighted by molar-refractivity contribution is 0.0724. The molecule has 0 spiro atoms. The topological polar surface area (TPSA) is 68.3 Å². The van der Waals surface area contributed by atoms with Crippen molar-refractivity contribution in [2.24, 2.45) is 11.8 Å². The van der Waals surface area contributed by atoms with Gasteiger partial charge in [0, 0.05) is 32.1 Å². The third-order valence-electron chi connectivity index (χ3n) is 5.53. The Balaban J connectivity index is 1.78. The molecule has 2 aromatic heterocycles. The van der Waals surface area contributed by atoms with E-state index in [1.807, 2.05) is 13.0 Å². The van der Waals surface area contributed by atoms with Crippen molar-refractivity contribution in [1.29, 1.82) is 0 Å². The normalized spacial score (nSPS) is 14.0. The molecule has 6 nitrogen and oxygen atoms in total. The van der Waals surface area contributed by atoms with Gasteiger partial charge in [-0.25, -0.2) is 4.98 Å². The SMILES string of the molecule is Cc1ccn(CCC(C)C)c(=O)c1C(=O)N1CCc2oc(CCC(C)C)nc2C1. The van der Waals surface area contributed by atoms with Crippen molar-refractivity contribution in [2.45, 2.75) is 73.4 Å². The van der Waals surface area contributed by atoms with Gasteiger partial charge in [-0.15, -0.1) is 0 Å². The van der Waals surface area contributed by atoms with Gasteiger partial charge < -0.3 is 13.9 Å². The van der Waals surface area contributed by atoms with Crippen LogP contribution >= 0.6 is 0 Å². The number of aryl methyl sites for hydroxylation is 3. The van der Waals surface area contributed by atoms with Gasteiger partial charge >= 0.3 is 0 Å². The number of nitrogens with zero attached hydrogens (tertiary/aromatic N) is 3. The number of carbonyl (C=O) groups is 1. The number of fused-ring (bicyclic) bond motifs is 1.